The molecule has 10 heavy (non-hydrogen) atoms. The second-order valence-corrected chi connectivity index (χ2v) is 2.17. The highest BCUT2D eigenvalue weighted by Gasteiger charge is 2.30. The van der Waals surface area contributed by atoms with Crippen LogP contribution in [-0.2, 0) is 9.53 Å². The van der Waals surface area contributed by atoms with E-state index in [1.807, 2.05) is 6.92 Å². The number of amides is 2. The average Bonchev–Trinajstić information content (AvgIpc) is 2.13. The minimum atomic E-state index is -0.622. The van der Waals surface area contributed by atoms with E-state index < -0.39 is 12.2 Å². The first-order valence-electron chi connectivity index (χ1n) is 3.25. The first-order chi connectivity index (χ1) is 4.74. The molecule has 0 aromatic heterocycles. The van der Waals surface area contributed by atoms with Gasteiger partial charge in [-0.3, -0.25) is 10.1 Å². The van der Waals surface area contributed by atoms with E-state index in [0.717, 1.165) is 6.42 Å². The van der Waals surface area contributed by atoms with Crippen LogP contribution in [0.2, 0.25) is 0 Å². The Kier molecular flexibility index (Phi) is 1.89. The fourth-order valence-corrected chi connectivity index (χ4v) is 0.845. The smallest absolute Gasteiger partial charge is 0.414 e. The molecule has 4 nitrogen and oxygen atoms in total. The third-order valence-electron chi connectivity index (χ3n) is 1.32. The van der Waals surface area contributed by atoms with Crippen LogP contribution in [0.1, 0.15) is 19.8 Å². The molecule has 0 spiro atoms. The van der Waals surface area contributed by atoms with Crippen molar-refractivity contribution >= 4 is 12.0 Å². The minimum Gasteiger partial charge on any atom is -0.436 e. The molecule has 1 aliphatic rings. The zero-order valence-electron chi connectivity index (χ0n) is 5.72. The van der Waals surface area contributed by atoms with Gasteiger partial charge in [0.05, 0.1) is 0 Å². The molecule has 0 saturated carbocycles. The van der Waals surface area contributed by atoms with Gasteiger partial charge in [-0.25, -0.2) is 4.79 Å². The highest BCUT2D eigenvalue weighted by Crippen LogP contribution is 2.07. The molecule has 1 heterocycles. The van der Waals surface area contributed by atoms with Crippen molar-refractivity contribution in [2.24, 2.45) is 0 Å². The molecule has 0 radical (unpaired) electrons. The average molecular weight is 143 g/mol. The third-order valence-corrected chi connectivity index (χ3v) is 1.32. The minimum absolute atomic E-state index is 0.313. The van der Waals surface area contributed by atoms with Gasteiger partial charge in [0.15, 0.2) is 6.10 Å². The Labute approximate surface area is 58.5 Å². The lowest BCUT2D eigenvalue weighted by Gasteiger charge is -2.00. The van der Waals surface area contributed by atoms with E-state index in [1.54, 1.807) is 0 Å². The topological polar surface area (TPSA) is 55.4 Å². The summed E-state index contributed by atoms with van der Waals surface area (Å²) >= 11 is 0. The second kappa shape index (κ2) is 2.68. The van der Waals surface area contributed by atoms with Gasteiger partial charge in [-0.1, -0.05) is 13.3 Å². The van der Waals surface area contributed by atoms with E-state index in [2.05, 4.69) is 10.1 Å². The summed E-state index contributed by atoms with van der Waals surface area (Å²) in [5.41, 5.74) is 0. The Morgan fingerprint density at radius 1 is 1.60 bits per heavy atom. The summed E-state index contributed by atoms with van der Waals surface area (Å²) in [7, 11) is 0. The maximum atomic E-state index is 10.7. The van der Waals surface area contributed by atoms with Gasteiger partial charge in [-0.05, 0) is 6.42 Å². The van der Waals surface area contributed by atoms with E-state index in [4.69, 9.17) is 0 Å². The molecule has 4 heteroatoms. The SMILES string of the molecule is CCCC1OC(=O)NC1=O. The molecular formula is C6H9NO3. The molecule has 1 saturated heterocycles. The van der Waals surface area contributed by atoms with Gasteiger partial charge in [-0.2, -0.15) is 0 Å². The van der Waals surface area contributed by atoms with Crippen molar-refractivity contribution in [3.63, 3.8) is 0 Å². The standard InChI is InChI=1S/C6H9NO3/c1-2-3-4-5(8)7-6(9)10-4/h4H,2-3H2,1H3,(H,7,8,9). The lowest BCUT2D eigenvalue weighted by Crippen LogP contribution is -2.24. The molecule has 1 rings (SSSR count). The number of ether oxygens (including phenoxy) is 1. The van der Waals surface area contributed by atoms with Crippen LogP contribution in [0.25, 0.3) is 0 Å². The Morgan fingerprint density at radius 2 is 2.30 bits per heavy atom. The van der Waals surface area contributed by atoms with Gasteiger partial charge < -0.3 is 4.74 Å². The van der Waals surface area contributed by atoms with E-state index >= 15 is 0 Å². The quantitative estimate of drug-likeness (QED) is 0.609. The van der Waals surface area contributed by atoms with Crippen LogP contribution in [0, 0.1) is 0 Å². The Bertz CT molecular complexity index is 166. The second-order valence-electron chi connectivity index (χ2n) is 2.17. The predicted molar refractivity (Wildman–Crippen MR) is 33.3 cm³/mol. The number of hydrogen-bond acceptors (Lipinski definition) is 3. The highest BCUT2D eigenvalue weighted by molar-refractivity contribution is 5.99. The van der Waals surface area contributed by atoms with Crippen molar-refractivity contribution in [1.82, 2.24) is 5.32 Å². The number of nitrogens with one attached hydrogen (secondary N) is 1. The van der Waals surface area contributed by atoms with Gasteiger partial charge in [0.25, 0.3) is 5.91 Å². The summed E-state index contributed by atoms with van der Waals surface area (Å²) in [5, 5.41) is 2.05. The maximum Gasteiger partial charge on any atom is 0.414 e. The maximum absolute atomic E-state index is 10.7. The number of imide groups is 1. The van der Waals surface area contributed by atoms with Crippen molar-refractivity contribution in [2.75, 3.05) is 0 Å². The Hall–Kier alpha value is -1.06. The first-order valence-corrected chi connectivity index (χ1v) is 3.25. The van der Waals surface area contributed by atoms with Crippen LogP contribution in [0.15, 0.2) is 0 Å². The van der Waals surface area contributed by atoms with Crippen LogP contribution in [0.4, 0.5) is 4.79 Å². The summed E-state index contributed by atoms with van der Waals surface area (Å²) in [4.78, 5) is 21.1. The van der Waals surface area contributed by atoms with E-state index in [-0.39, 0.29) is 5.91 Å². The molecular weight excluding hydrogens is 134 g/mol. The summed E-state index contributed by atoms with van der Waals surface area (Å²) < 4.78 is 4.61. The highest BCUT2D eigenvalue weighted by atomic mass is 16.6. The van der Waals surface area contributed by atoms with Gasteiger partial charge in [0.1, 0.15) is 0 Å². The fraction of sp³-hybridized carbons (Fsp3) is 0.667. The van der Waals surface area contributed by atoms with E-state index in [9.17, 15) is 9.59 Å². The number of hydrogen-bond donors (Lipinski definition) is 1. The predicted octanol–water partition coefficient (Wildman–Crippen LogP) is 0.422. The van der Waals surface area contributed by atoms with Crippen molar-refractivity contribution in [2.45, 2.75) is 25.9 Å². The molecule has 0 aliphatic carbocycles. The molecule has 56 valence electrons. The van der Waals surface area contributed by atoms with Crippen LogP contribution >= 0.6 is 0 Å². The zero-order valence-corrected chi connectivity index (χ0v) is 5.72. The van der Waals surface area contributed by atoms with Crippen molar-refractivity contribution < 1.29 is 14.3 Å². The van der Waals surface area contributed by atoms with Crippen LogP contribution < -0.4 is 5.32 Å². The molecule has 0 aromatic carbocycles. The zero-order chi connectivity index (χ0) is 7.56. The van der Waals surface area contributed by atoms with Gasteiger partial charge in [0, 0.05) is 0 Å². The molecule has 1 unspecified atom stereocenters. The lowest BCUT2D eigenvalue weighted by molar-refractivity contribution is -0.123. The van der Waals surface area contributed by atoms with Crippen molar-refractivity contribution in [3.8, 4) is 0 Å². The summed E-state index contributed by atoms with van der Waals surface area (Å²) in [6, 6.07) is 0. The molecule has 0 bridgehead atoms. The van der Waals surface area contributed by atoms with Crippen LogP contribution in [0.3, 0.4) is 0 Å². The van der Waals surface area contributed by atoms with Gasteiger partial charge in [0.2, 0.25) is 0 Å². The summed E-state index contributed by atoms with van der Waals surface area (Å²) in [5.74, 6) is -0.313. The molecule has 2 amide bonds. The normalized spacial score (nSPS) is 24.3. The first kappa shape index (κ1) is 7.05. The van der Waals surface area contributed by atoms with E-state index in [0.29, 0.717) is 6.42 Å². The number of carbonyl (C=O) groups is 2. The number of alkyl carbamates (subject to hydrolysis) is 1. The summed E-state index contributed by atoms with van der Waals surface area (Å²) in [6.07, 6.45) is 0.282. The largest absolute Gasteiger partial charge is 0.436 e. The van der Waals surface area contributed by atoms with Crippen LogP contribution in [-0.4, -0.2) is 18.1 Å². The fourth-order valence-electron chi connectivity index (χ4n) is 0.845. The molecule has 1 fully saturated rings. The lowest BCUT2D eigenvalue weighted by atomic mass is 10.2. The Morgan fingerprint density at radius 3 is 2.70 bits per heavy atom. The third kappa shape index (κ3) is 1.26. The van der Waals surface area contributed by atoms with Gasteiger partial charge >= 0.3 is 6.09 Å². The molecule has 1 N–H and O–H groups in total. The van der Waals surface area contributed by atoms with Crippen LogP contribution in [0.5, 0.6) is 0 Å². The number of rotatable bonds is 2. The monoisotopic (exact) mass is 143 g/mol. The van der Waals surface area contributed by atoms with E-state index in [1.165, 1.54) is 0 Å². The van der Waals surface area contributed by atoms with Gasteiger partial charge in [-0.15, -0.1) is 0 Å². The van der Waals surface area contributed by atoms with Crippen molar-refractivity contribution in [3.05, 3.63) is 0 Å². The van der Waals surface area contributed by atoms with Crippen molar-refractivity contribution in [1.29, 1.82) is 0 Å². The number of cyclic esters (lactones) is 1. The molecule has 0 aromatic rings. The Balaban J connectivity index is 2.46. The molecule has 1 aliphatic heterocycles. The summed E-state index contributed by atoms with van der Waals surface area (Å²) in [6.45, 7) is 1.93. The molecule has 1 atom stereocenters. The number of carbonyl (C=O) groups excluding carboxylic acids is 2.